The molecule has 0 aliphatic rings. The smallest absolute Gasteiger partial charge is 0.407 e. The van der Waals surface area contributed by atoms with Crippen LogP contribution in [0.3, 0.4) is 0 Å². The van der Waals surface area contributed by atoms with Crippen molar-refractivity contribution < 1.29 is 34.4 Å². The minimum atomic E-state index is -0.770. The lowest BCUT2D eigenvalue weighted by Crippen LogP contribution is -2.33. The second-order valence-electron chi connectivity index (χ2n) is 5.78. The Balaban J connectivity index is 2.34. The van der Waals surface area contributed by atoms with Crippen LogP contribution in [0.5, 0.6) is 17.2 Å². The van der Waals surface area contributed by atoms with Crippen molar-refractivity contribution in [2.75, 3.05) is 13.2 Å². The summed E-state index contributed by atoms with van der Waals surface area (Å²) in [6.07, 6.45) is -0.196. The number of carbonyl (C=O) groups excluding carboxylic acids is 2. The fraction of sp³-hybridized carbons (Fsp3) is 0.467. The van der Waals surface area contributed by atoms with Gasteiger partial charge in [-0.1, -0.05) is 0 Å². The van der Waals surface area contributed by atoms with Gasteiger partial charge in [0.05, 0.1) is 12.2 Å². The Morgan fingerprint density at radius 1 is 1.13 bits per heavy atom. The van der Waals surface area contributed by atoms with Crippen LogP contribution in [0.2, 0.25) is 0 Å². The molecule has 128 valence electrons. The van der Waals surface area contributed by atoms with Gasteiger partial charge >= 0.3 is 12.1 Å². The lowest BCUT2D eigenvalue weighted by atomic mass is 10.2. The molecule has 0 aromatic heterocycles. The highest BCUT2D eigenvalue weighted by atomic mass is 16.6. The zero-order valence-electron chi connectivity index (χ0n) is 13.3. The van der Waals surface area contributed by atoms with Gasteiger partial charge in [0.15, 0.2) is 17.2 Å². The summed E-state index contributed by atoms with van der Waals surface area (Å²) in [4.78, 5) is 23.1. The highest BCUT2D eigenvalue weighted by Crippen LogP contribution is 2.35. The maximum absolute atomic E-state index is 11.7. The first-order valence-corrected chi connectivity index (χ1v) is 6.99. The summed E-state index contributed by atoms with van der Waals surface area (Å²) in [5, 5.41) is 30.3. The first-order chi connectivity index (χ1) is 10.6. The molecule has 1 amide bonds. The van der Waals surface area contributed by atoms with Crippen molar-refractivity contribution in [3.05, 3.63) is 17.7 Å². The molecule has 1 aromatic rings. The number of phenols is 3. The van der Waals surface area contributed by atoms with Gasteiger partial charge in [0.1, 0.15) is 5.60 Å². The number of phenolic OH excluding ortho intramolecular Hbond substituents is 3. The average molecular weight is 327 g/mol. The monoisotopic (exact) mass is 327 g/mol. The van der Waals surface area contributed by atoms with Crippen molar-refractivity contribution in [1.82, 2.24) is 5.32 Å². The van der Waals surface area contributed by atoms with Crippen LogP contribution in [0, 0.1) is 0 Å². The normalized spacial score (nSPS) is 10.9. The molecule has 0 saturated carbocycles. The fourth-order valence-corrected chi connectivity index (χ4v) is 1.55. The molecule has 8 heteroatoms. The minimum Gasteiger partial charge on any atom is -0.504 e. The molecule has 0 fully saturated rings. The van der Waals surface area contributed by atoms with E-state index in [4.69, 9.17) is 9.47 Å². The topological polar surface area (TPSA) is 125 Å². The zero-order chi connectivity index (χ0) is 17.6. The van der Waals surface area contributed by atoms with E-state index in [-0.39, 0.29) is 18.7 Å². The Labute approximate surface area is 133 Å². The van der Waals surface area contributed by atoms with E-state index in [1.54, 1.807) is 20.8 Å². The van der Waals surface area contributed by atoms with E-state index in [1.807, 2.05) is 0 Å². The summed E-state index contributed by atoms with van der Waals surface area (Å²) in [5.74, 6) is -2.72. The van der Waals surface area contributed by atoms with Crippen molar-refractivity contribution >= 4 is 12.1 Å². The van der Waals surface area contributed by atoms with Gasteiger partial charge in [0.2, 0.25) is 0 Å². The molecule has 0 saturated heterocycles. The van der Waals surface area contributed by atoms with Crippen LogP contribution in [-0.2, 0) is 9.47 Å². The van der Waals surface area contributed by atoms with Crippen LogP contribution in [0.25, 0.3) is 0 Å². The van der Waals surface area contributed by atoms with Gasteiger partial charge in [-0.15, -0.1) is 0 Å². The van der Waals surface area contributed by atoms with Crippen molar-refractivity contribution in [1.29, 1.82) is 0 Å². The standard InChI is InChI=1S/C15H21NO7/c1-15(2,3)23-14(21)16-5-4-6-22-13(20)9-7-10(17)12(19)11(18)8-9/h7-8,17-19H,4-6H2,1-3H3,(H,16,21). The number of carbonyl (C=O) groups is 2. The summed E-state index contributed by atoms with van der Waals surface area (Å²) >= 11 is 0. The molecule has 23 heavy (non-hydrogen) atoms. The number of benzene rings is 1. The van der Waals surface area contributed by atoms with Crippen molar-refractivity contribution in [2.24, 2.45) is 0 Å². The zero-order valence-corrected chi connectivity index (χ0v) is 13.3. The predicted molar refractivity (Wildman–Crippen MR) is 80.6 cm³/mol. The Hall–Kier alpha value is -2.64. The summed E-state index contributed by atoms with van der Waals surface area (Å²) in [6.45, 7) is 5.52. The van der Waals surface area contributed by atoms with Gasteiger partial charge in [-0.25, -0.2) is 9.59 Å². The van der Waals surface area contributed by atoms with Gasteiger partial charge in [0, 0.05) is 6.54 Å². The number of ether oxygens (including phenoxy) is 2. The molecule has 1 rings (SSSR count). The molecular formula is C15H21NO7. The number of hydrogen-bond acceptors (Lipinski definition) is 7. The van der Waals surface area contributed by atoms with Crippen LogP contribution in [0.1, 0.15) is 37.6 Å². The molecule has 4 N–H and O–H groups in total. The van der Waals surface area contributed by atoms with E-state index < -0.39 is 34.9 Å². The number of esters is 1. The van der Waals surface area contributed by atoms with Crippen LogP contribution < -0.4 is 5.32 Å². The number of rotatable bonds is 5. The molecule has 0 spiro atoms. The highest BCUT2D eigenvalue weighted by molar-refractivity contribution is 5.91. The molecule has 0 heterocycles. The van der Waals surface area contributed by atoms with E-state index in [0.717, 1.165) is 12.1 Å². The summed E-state index contributed by atoms with van der Waals surface area (Å²) in [6, 6.07) is 1.96. The Bertz CT molecular complexity index is 555. The van der Waals surface area contributed by atoms with E-state index in [1.165, 1.54) is 0 Å². The minimum absolute atomic E-state index is 0.0248. The Morgan fingerprint density at radius 3 is 2.22 bits per heavy atom. The highest BCUT2D eigenvalue weighted by Gasteiger charge is 2.16. The average Bonchev–Trinajstić information content (AvgIpc) is 2.41. The van der Waals surface area contributed by atoms with E-state index in [2.05, 4.69) is 5.32 Å². The lowest BCUT2D eigenvalue weighted by Gasteiger charge is -2.19. The SMILES string of the molecule is CC(C)(C)OC(=O)NCCCOC(=O)c1cc(O)c(O)c(O)c1. The summed E-state index contributed by atoms with van der Waals surface area (Å²) in [7, 11) is 0. The van der Waals surface area contributed by atoms with E-state index >= 15 is 0 Å². The van der Waals surface area contributed by atoms with Gasteiger partial charge < -0.3 is 30.1 Å². The van der Waals surface area contributed by atoms with Crippen LogP contribution >= 0.6 is 0 Å². The Morgan fingerprint density at radius 2 is 1.70 bits per heavy atom. The van der Waals surface area contributed by atoms with E-state index in [0.29, 0.717) is 6.42 Å². The van der Waals surface area contributed by atoms with Crippen molar-refractivity contribution in [3.63, 3.8) is 0 Å². The fourth-order valence-electron chi connectivity index (χ4n) is 1.55. The maximum Gasteiger partial charge on any atom is 0.407 e. The molecule has 8 nitrogen and oxygen atoms in total. The van der Waals surface area contributed by atoms with Crippen LogP contribution in [-0.4, -0.2) is 46.1 Å². The van der Waals surface area contributed by atoms with Gasteiger partial charge in [0.25, 0.3) is 0 Å². The van der Waals surface area contributed by atoms with Crippen LogP contribution in [0.4, 0.5) is 4.79 Å². The molecule has 0 aliphatic carbocycles. The Kier molecular flexibility index (Phi) is 6.06. The molecule has 0 atom stereocenters. The second-order valence-corrected chi connectivity index (χ2v) is 5.78. The molecule has 0 radical (unpaired) electrons. The number of hydrogen-bond donors (Lipinski definition) is 4. The largest absolute Gasteiger partial charge is 0.504 e. The first-order valence-electron chi connectivity index (χ1n) is 6.99. The number of aromatic hydroxyl groups is 3. The van der Waals surface area contributed by atoms with Gasteiger partial charge in [-0.05, 0) is 39.3 Å². The third-order valence-corrected chi connectivity index (χ3v) is 2.53. The van der Waals surface area contributed by atoms with Gasteiger partial charge in [-0.2, -0.15) is 0 Å². The molecule has 0 aliphatic heterocycles. The third kappa shape index (κ3) is 6.33. The number of nitrogens with one attached hydrogen (secondary N) is 1. The molecule has 0 bridgehead atoms. The summed E-state index contributed by atoms with van der Waals surface area (Å²) in [5.41, 5.74) is -0.683. The van der Waals surface area contributed by atoms with Crippen molar-refractivity contribution in [2.45, 2.75) is 32.8 Å². The lowest BCUT2D eigenvalue weighted by molar-refractivity contribution is 0.0482. The number of amides is 1. The second kappa shape index (κ2) is 7.57. The number of alkyl carbamates (subject to hydrolysis) is 1. The summed E-state index contributed by atoms with van der Waals surface area (Å²) < 4.78 is 9.96. The molecule has 1 aromatic carbocycles. The quantitative estimate of drug-likeness (QED) is 0.369. The predicted octanol–water partition coefficient (Wildman–Crippen LogP) is 1.88. The van der Waals surface area contributed by atoms with E-state index in [9.17, 15) is 24.9 Å². The molecular weight excluding hydrogens is 306 g/mol. The van der Waals surface area contributed by atoms with Gasteiger partial charge in [-0.3, -0.25) is 0 Å². The van der Waals surface area contributed by atoms with Crippen molar-refractivity contribution in [3.8, 4) is 17.2 Å². The maximum atomic E-state index is 11.7. The van der Waals surface area contributed by atoms with Crippen LogP contribution in [0.15, 0.2) is 12.1 Å². The molecule has 0 unspecified atom stereocenters. The third-order valence-electron chi connectivity index (χ3n) is 2.53. The first kappa shape index (κ1) is 18.4.